The van der Waals surface area contributed by atoms with Crippen molar-refractivity contribution in [3.63, 3.8) is 0 Å². The summed E-state index contributed by atoms with van der Waals surface area (Å²) in [5.74, 6) is 0.125. The van der Waals surface area contributed by atoms with Gasteiger partial charge in [-0.1, -0.05) is 0 Å². The van der Waals surface area contributed by atoms with E-state index < -0.39 is 0 Å². The second kappa shape index (κ2) is 8.44. The van der Waals surface area contributed by atoms with Gasteiger partial charge < -0.3 is 20.1 Å². The van der Waals surface area contributed by atoms with Gasteiger partial charge in [-0.25, -0.2) is 4.98 Å². The van der Waals surface area contributed by atoms with Crippen molar-refractivity contribution in [1.29, 1.82) is 0 Å². The number of amides is 1. The largest absolute Gasteiger partial charge is 0.385 e. The summed E-state index contributed by atoms with van der Waals surface area (Å²) < 4.78 is 10.0. The number of carbonyl (C=O) groups excluding carboxylic acids is 1. The first-order valence-corrected chi connectivity index (χ1v) is 6.18. The van der Waals surface area contributed by atoms with E-state index in [4.69, 9.17) is 15.2 Å². The Morgan fingerprint density at radius 1 is 1.32 bits per heavy atom. The van der Waals surface area contributed by atoms with E-state index in [1.54, 1.807) is 37.4 Å². The monoisotopic (exact) mass is 267 g/mol. The van der Waals surface area contributed by atoms with E-state index in [2.05, 4.69) is 4.98 Å². The average molecular weight is 267 g/mol. The first-order valence-electron chi connectivity index (χ1n) is 6.18. The molecular formula is C13H21N3O3. The Kier molecular flexibility index (Phi) is 6.84. The summed E-state index contributed by atoms with van der Waals surface area (Å²) in [6, 6.07) is 3.38. The van der Waals surface area contributed by atoms with Gasteiger partial charge in [0.05, 0.1) is 12.2 Å². The van der Waals surface area contributed by atoms with Gasteiger partial charge in [0.1, 0.15) is 5.82 Å². The highest BCUT2D eigenvalue weighted by molar-refractivity contribution is 5.98. The highest BCUT2D eigenvalue weighted by Crippen LogP contribution is 2.11. The van der Waals surface area contributed by atoms with Gasteiger partial charge in [-0.15, -0.1) is 0 Å². The number of carbonyl (C=O) groups is 1. The lowest BCUT2D eigenvalue weighted by molar-refractivity contribution is 0.0675. The third-order valence-electron chi connectivity index (χ3n) is 2.70. The minimum atomic E-state index is -0.126. The summed E-state index contributed by atoms with van der Waals surface area (Å²) in [5, 5.41) is 0. The number of nitrogen functional groups attached to an aromatic ring is 1. The van der Waals surface area contributed by atoms with Crippen LogP contribution >= 0.6 is 0 Å². The standard InChI is InChI=1S/C13H21N3O3/c1-18-9-4-7-16(8-10-19-2)13(17)11-5-3-6-15-12(11)14/h3,5-6H,4,7-10H2,1-2H3,(H2,14,15). The molecule has 0 saturated carbocycles. The molecule has 0 bridgehead atoms. The predicted octanol–water partition coefficient (Wildman–Crippen LogP) is 0.789. The normalized spacial score (nSPS) is 10.4. The molecule has 0 aliphatic heterocycles. The zero-order chi connectivity index (χ0) is 14.1. The van der Waals surface area contributed by atoms with Gasteiger partial charge in [0.2, 0.25) is 0 Å². The van der Waals surface area contributed by atoms with Crippen LogP contribution in [0, 0.1) is 0 Å². The van der Waals surface area contributed by atoms with E-state index in [1.165, 1.54) is 0 Å². The third-order valence-corrected chi connectivity index (χ3v) is 2.70. The molecule has 2 N–H and O–H groups in total. The van der Waals surface area contributed by atoms with E-state index in [0.717, 1.165) is 6.42 Å². The van der Waals surface area contributed by atoms with Gasteiger partial charge in [-0.2, -0.15) is 0 Å². The van der Waals surface area contributed by atoms with Crippen LogP contribution < -0.4 is 5.73 Å². The fraction of sp³-hybridized carbons (Fsp3) is 0.538. The van der Waals surface area contributed by atoms with E-state index in [9.17, 15) is 4.79 Å². The maximum atomic E-state index is 12.4. The molecule has 0 aliphatic carbocycles. The molecule has 0 aliphatic rings. The summed E-state index contributed by atoms with van der Waals surface area (Å²) in [6.07, 6.45) is 2.34. The van der Waals surface area contributed by atoms with Crippen molar-refractivity contribution < 1.29 is 14.3 Å². The Morgan fingerprint density at radius 2 is 2.05 bits per heavy atom. The minimum Gasteiger partial charge on any atom is -0.385 e. The van der Waals surface area contributed by atoms with E-state index in [-0.39, 0.29) is 11.7 Å². The number of methoxy groups -OCH3 is 2. The fourth-order valence-corrected chi connectivity index (χ4v) is 1.68. The summed E-state index contributed by atoms with van der Waals surface area (Å²) >= 11 is 0. The number of hydrogen-bond acceptors (Lipinski definition) is 5. The van der Waals surface area contributed by atoms with Crippen LogP contribution in [0.3, 0.4) is 0 Å². The Labute approximate surface area is 113 Å². The highest BCUT2D eigenvalue weighted by atomic mass is 16.5. The second-order valence-corrected chi connectivity index (χ2v) is 4.07. The van der Waals surface area contributed by atoms with Crippen molar-refractivity contribution in [1.82, 2.24) is 9.88 Å². The zero-order valence-electron chi connectivity index (χ0n) is 11.5. The number of aromatic nitrogens is 1. The van der Waals surface area contributed by atoms with Crippen molar-refractivity contribution >= 4 is 11.7 Å². The molecule has 1 aromatic rings. The van der Waals surface area contributed by atoms with Crippen LogP contribution in [0.15, 0.2) is 18.3 Å². The van der Waals surface area contributed by atoms with Crippen LogP contribution in [0.5, 0.6) is 0 Å². The molecule has 0 unspecified atom stereocenters. The second-order valence-electron chi connectivity index (χ2n) is 4.07. The van der Waals surface area contributed by atoms with Gasteiger partial charge in [0, 0.05) is 40.1 Å². The number of nitrogens with two attached hydrogens (primary N) is 1. The summed E-state index contributed by atoms with van der Waals surface area (Å²) in [5.41, 5.74) is 6.16. The Morgan fingerprint density at radius 3 is 2.68 bits per heavy atom. The van der Waals surface area contributed by atoms with Gasteiger partial charge in [0.15, 0.2) is 0 Å². The lowest BCUT2D eigenvalue weighted by Crippen LogP contribution is -2.35. The van der Waals surface area contributed by atoms with E-state index in [0.29, 0.717) is 31.9 Å². The highest BCUT2D eigenvalue weighted by Gasteiger charge is 2.17. The van der Waals surface area contributed by atoms with Crippen LogP contribution in [0.4, 0.5) is 5.82 Å². The van der Waals surface area contributed by atoms with Crippen molar-refractivity contribution in [2.45, 2.75) is 6.42 Å². The quantitative estimate of drug-likeness (QED) is 0.705. The number of ether oxygens (including phenoxy) is 2. The maximum Gasteiger partial charge on any atom is 0.257 e. The predicted molar refractivity (Wildman–Crippen MR) is 72.9 cm³/mol. The van der Waals surface area contributed by atoms with Crippen molar-refractivity contribution in [3.8, 4) is 0 Å². The fourth-order valence-electron chi connectivity index (χ4n) is 1.68. The molecule has 1 rings (SSSR count). The number of anilines is 1. The van der Waals surface area contributed by atoms with Gasteiger partial charge in [-0.3, -0.25) is 4.79 Å². The molecule has 1 aromatic heterocycles. The molecule has 106 valence electrons. The smallest absolute Gasteiger partial charge is 0.257 e. The first-order chi connectivity index (χ1) is 9.20. The Balaban J connectivity index is 2.72. The SMILES string of the molecule is COCCCN(CCOC)C(=O)c1cccnc1N. The topological polar surface area (TPSA) is 77.7 Å². The number of pyridine rings is 1. The number of rotatable bonds is 8. The van der Waals surface area contributed by atoms with Crippen LogP contribution in [0.1, 0.15) is 16.8 Å². The van der Waals surface area contributed by atoms with Gasteiger partial charge in [0.25, 0.3) is 5.91 Å². The van der Waals surface area contributed by atoms with Crippen LogP contribution in [0.2, 0.25) is 0 Å². The van der Waals surface area contributed by atoms with Gasteiger partial charge in [-0.05, 0) is 18.6 Å². The molecule has 0 saturated heterocycles. The molecule has 1 amide bonds. The molecule has 19 heavy (non-hydrogen) atoms. The van der Waals surface area contributed by atoms with Gasteiger partial charge >= 0.3 is 0 Å². The minimum absolute atomic E-state index is 0.126. The van der Waals surface area contributed by atoms with Crippen LogP contribution in [0.25, 0.3) is 0 Å². The van der Waals surface area contributed by atoms with E-state index in [1.807, 2.05) is 0 Å². The van der Waals surface area contributed by atoms with Crippen molar-refractivity contribution in [3.05, 3.63) is 23.9 Å². The molecule has 0 radical (unpaired) electrons. The Hall–Kier alpha value is -1.66. The number of nitrogens with zero attached hydrogens (tertiary/aromatic N) is 2. The van der Waals surface area contributed by atoms with E-state index >= 15 is 0 Å². The van der Waals surface area contributed by atoms with Crippen LogP contribution in [-0.2, 0) is 9.47 Å². The molecular weight excluding hydrogens is 246 g/mol. The molecule has 0 fully saturated rings. The average Bonchev–Trinajstić information content (AvgIpc) is 2.42. The molecule has 6 heteroatoms. The van der Waals surface area contributed by atoms with Crippen molar-refractivity contribution in [2.75, 3.05) is 46.3 Å². The lowest BCUT2D eigenvalue weighted by Gasteiger charge is -2.22. The summed E-state index contributed by atoms with van der Waals surface area (Å²) in [4.78, 5) is 18.0. The molecule has 0 atom stereocenters. The number of hydrogen-bond donors (Lipinski definition) is 1. The molecule has 6 nitrogen and oxygen atoms in total. The maximum absolute atomic E-state index is 12.4. The summed E-state index contributed by atoms with van der Waals surface area (Å²) in [7, 11) is 3.25. The zero-order valence-corrected chi connectivity index (χ0v) is 11.5. The Bertz CT molecular complexity index is 398. The lowest BCUT2D eigenvalue weighted by atomic mass is 10.2. The first kappa shape index (κ1) is 15.4. The molecule has 0 spiro atoms. The molecule has 0 aromatic carbocycles. The third kappa shape index (κ3) is 4.84. The summed E-state index contributed by atoms with van der Waals surface area (Å²) in [6.45, 7) is 2.22. The van der Waals surface area contributed by atoms with Crippen molar-refractivity contribution in [2.24, 2.45) is 0 Å². The molecule has 1 heterocycles. The van der Waals surface area contributed by atoms with Crippen LogP contribution in [-0.4, -0.2) is 56.3 Å².